The van der Waals surface area contributed by atoms with E-state index < -0.39 is 0 Å². The summed E-state index contributed by atoms with van der Waals surface area (Å²) in [4.78, 5) is 12.5. The zero-order valence-corrected chi connectivity index (χ0v) is 17.1. The minimum atomic E-state index is -0.0865. The van der Waals surface area contributed by atoms with Gasteiger partial charge < -0.3 is 4.74 Å². The predicted octanol–water partition coefficient (Wildman–Crippen LogP) is 2.13. The zero-order chi connectivity index (χ0) is 20.7. The van der Waals surface area contributed by atoms with Gasteiger partial charge in [-0.3, -0.25) is 9.48 Å². The van der Waals surface area contributed by atoms with Crippen LogP contribution in [0, 0.1) is 5.92 Å². The summed E-state index contributed by atoms with van der Waals surface area (Å²) in [6.07, 6.45) is 8.18. The average molecular weight is 404 g/mol. The fraction of sp³-hybridized carbons (Fsp3) is 0.364. The van der Waals surface area contributed by atoms with Crippen LogP contribution in [0.5, 0.6) is 5.88 Å². The normalized spacial score (nSPS) is 18.1. The summed E-state index contributed by atoms with van der Waals surface area (Å²) in [5.74, 6) is 1.40. The molecule has 0 N–H and O–H groups in total. The standard InChI is InChI=1S/C22H24N6O2/c1-26-10-8-19(24-26)18-11-17(18)14-30-21-12-15(22(29)27(2)25-21)6-7-16-13-23-28-9-4-3-5-20(16)28/h3-5,8-10,12-13,17-18H,6-7,11,14H2,1-2H3/t17-,18+/m1/s1. The molecule has 1 fully saturated rings. The lowest BCUT2D eigenvalue weighted by Gasteiger charge is -2.09. The molecule has 4 aromatic heterocycles. The highest BCUT2D eigenvalue weighted by Crippen LogP contribution is 2.46. The van der Waals surface area contributed by atoms with Crippen molar-refractivity contribution in [3.8, 4) is 5.88 Å². The first kappa shape index (κ1) is 18.6. The number of fused-ring (bicyclic) bond motifs is 1. The summed E-state index contributed by atoms with van der Waals surface area (Å²) in [7, 11) is 3.60. The van der Waals surface area contributed by atoms with E-state index >= 15 is 0 Å². The van der Waals surface area contributed by atoms with Crippen LogP contribution in [0.4, 0.5) is 0 Å². The van der Waals surface area contributed by atoms with Crippen molar-refractivity contribution in [3.05, 3.63) is 76.1 Å². The van der Waals surface area contributed by atoms with Gasteiger partial charge in [0.15, 0.2) is 0 Å². The van der Waals surface area contributed by atoms with Crippen molar-refractivity contribution in [1.82, 2.24) is 29.2 Å². The van der Waals surface area contributed by atoms with Crippen molar-refractivity contribution in [2.45, 2.75) is 25.2 Å². The number of nitrogens with zero attached hydrogens (tertiary/aromatic N) is 6. The molecule has 0 saturated heterocycles. The van der Waals surface area contributed by atoms with Crippen LogP contribution in [0.25, 0.3) is 5.52 Å². The smallest absolute Gasteiger partial charge is 0.269 e. The van der Waals surface area contributed by atoms with Gasteiger partial charge in [0.2, 0.25) is 5.88 Å². The van der Waals surface area contributed by atoms with Gasteiger partial charge in [-0.15, -0.1) is 5.10 Å². The Morgan fingerprint density at radius 2 is 1.97 bits per heavy atom. The van der Waals surface area contributed by atoms with E-state index in [1.54, 1.807) is 13.1 Å². The maximum Gasteiger partial charge on any atom is 0.269 e. The van der Waals surface area contributed by atoms with Crippen LogP contribution < -0.4 is 10.3 Å². The van der Waals surface area contributed by atoms with Crippen LogP contribution in [0.15, 0.2) is 53.7 Å². The maximum atomic E-state index is 12.5. The number of aromatic nitrogens is 6. The molecule has 30 heavy (non-hydrogen) atoms. The summed E-state index contributed by atoms with van der Waals surface area (Å²) in [5, 5.41) is 13.1. The third-order valence-corrected chi connectivity index (χ3v) is 5.77. The van der Waals surface area contributed by atoms with Crippen LogP contribution in [-0.2, 0) is 26.9 Å². The molecule has 0 unspecified atom stereocenters. The minimum Gasteiger partial charge on any atom is -0.476 e. The summed E-state index contributed by atoms with van der Waals surface area (Å²) in [5.41, 5.74) is 3.92. The quantitative estimate of drug-likeness (QED) is 0.471. The van der Waals surface area contributed by atoms with E-state index in [4.69, 9.17) is 4.74 Å². The summed E-state index contributed by atoms with van der Waals surface area (Å²) in [6.45, 7) is 0.583. The van der Waals surface area contributed by atoms with Crippen molar-refractivity contribution in [3.63, 3.8) is 0 Å². The molecule has 0 bridgehead atoms. The Kier molecular flexibility index (Phi) is 4.61. The van der Waals surface area contributed by atoms with Gasteiger partial charge in [0.05, 0.1) is 24.0 Å². The molecular weight excluding hydrogens is 380 g/mol. The van der Waals surface area contributed by atoms with Crippen molar-refractivity contribution in [2.24, 2.45) is 20.0 Å². The van der Waals surface area contributed by atoms with E-state index in [0.29, 0.717) is 36.3 Å². The van der Waals surface area contributed by atoms with Crippen molar-refractivity contribution in [2.75, 3.05) is 6.61 Å². The maximum absolute atomic E-state index is 12.5. The zero-order valence-electron chi connectivity index (χ0n) is 17.1. The van der Waals surface area contributed by atoms with Gasteiger partial charge in [0.25, 0.3) is 5.56 Å². The Labute approximate surface area is 173 Å². The lowest BCUT2D eigenvalue weighted by atomic mass is 10.1. The highest BCUT2D eigenvalue weighted by Gasteiger charge is 2.40. The second kappa shape index (κ2) is 7.44. The molecule has 1 aliphatic carbocycles. The molecule has 0 aliphatic heterocycles. The van der Waals surface area contributed by atoms with Crippen LogP contribution in [0.2, 0.25) is 0 Å². The third-order valence-electron chi connectivity index (χ3n) is 5.77. The van der Waals surface area contributed by atoms with Crippen molar-refractivity contribution in [1.29, 1.82) is 0 Å². The number of hydrogen-bond acceptors (Lipinski definition) is 5. The van der Waals surface area contributed by atoms with Crippen LogP contribution >= 0.6 is 0 Å². The summed E-state index contributed by atoms with van der Waals surface area (Å²) in [6, 6.07) is 9.83. The molecule has 8 heteroatoms. The third kappa shape index (κ3) is 3.60. The molecule has 1 aliphatic rings. The topological polar surface area (TPSA) is 79.2 Å². The molecular formula is C22H24N6O2. The number of pyridine rings is 1. The Bertz CT molecular complexity index is 1250. The van der Waals surface area contributed by atoms with Gasteiger partial charge in [-0.1, -0.05) is 6.07 Å². The molecule has 5 rings (SSSR count). The summed E-state index contributed by atoms with van der Waals surface area (Å²) < 4.78 is 11.0. The average Bonchev–Trinajstić information content (AvgIpc) is 3.20. The number of hydrogen-bond donors (Lipinski definition) is 0. The van der Waals surface area contributed by atoms with Crippen molar-refractivity contribution >= 4 is 5.52 Å². The molecule has 154 valence electrons. The van der Waals surface area contributed by atoms with E-state index in [1.165, 1.54) is 4.68 Å². The molecule has 0 amide bonds. The monoisotopic (exact) mass is 404 g/mol. The second-order valence-electron chi connectivity index (χ2n) is 7.96. The fourth-order valence-electron chi connectivity index (χ4n) is 3.96. The number of rotatable bonds is 7. The molecule has 4 aromatic rings. The Hall–Kier alpha value is -3.42. The molecule has 8 nitrogen and oxygen atoms in total. The van der Waals surface area contributed by atoms with Gasteiger partial charge in [-0.25, -0.2) is 9.20 Å². The van der Waals surface area contributed by atoms with Crippen LogP contribution in [0.1, 0.15) is 29.2 Å². The van der Waals surface area contributed by atoms with Crippen LogP contribution in [0.3, 0.4) is 0 Å². The van der Waals surface area contributed by atoms with Gasteiger partial charge in [0, 0.05) is 50.0 Å². The molecule has 0 radical (unpaired) electrons. The summed E-state index contributed by atoms with van der Waals surface area (Å²) >= 11 is 0. The lowest BCUT2D eigenvalue weighted by molar-refractivity contribution is 0.277. The Balaban J connectivity index is 1.25. The first-order valence-electron chi connectivity index (χ1n) is 10.2. The van der Waals surface area contributed by atoms with E-state index in [-0.39, 0.29) is 5.56 Å². The molecule has 0 aromatic carbocycles. The predicted molar refractivity (Wildman–Crippen MR) is 112 cm³/mol. The highest BCUT2D eigenvalue weighted by molar-refractivity contribution is 5.53. The second-order valence-corrected chi connectivity index (χ2v) is 7.96. The van der Waals surface area contributed by atoms with Gasteiger partial charge in [0.1, 0.15) is 0 Å². The first-order chi connectivity index (χ1) is 14.6. The van der Waals surface area contributed by atoms with E-state index in [0.717, 1.165) is 29.6 Å². The van der Waals surface area contributed by atoms with E-state index in [9.17, 15) is 4.79 Å². The Morgan fingerprint density at radius 3 is 2.80 bits per heavy atom. The molecule has 4 heterocycles. The SMILES string of the molecule is Cn1ccc([C@H]2C[C@@H]2COc2cc(CCc3cnn4ccccc34)c(=O)n(C)n2)n1. The minimum absolute atomic E-state index is 0.0865. The molecule has 0 spiro atoms. The largest absolute Gasteiger partial charge is 0.476 e. The molecule has 2 atom stereocenters. The lowest BCUT2D eigenvalue weighted by Crippen LogP contribution is -2.24. The van der Waals surface area contributed by atoms with E-state index in [1.807, 2.05) is 53.0 Å². The fourth-order valence-corrected chi connectivity index (χ4v) is 3.96. The van der Waals surface area contributed by atoms with Gasteiger partial charge >= 0.3 is 0 Å². The number of ether oxygens (including phenoxy) is 1. The highest BCUT2D eigenvalue weighted by atomic mass is 16.5. The number of aryl methyl sites for hydroxylation is 4. The first-order valence-corrected chi connectivity index (χ1v) is 10.2. The van der Waals surface area contributed by atoms with E-state index in [2.05, 4.69) is 21.4 Å². The van der Waals surface area contributed by atoms with Crippen LogP contribution in [-0.4, -0.2) is 35.8 Å². The van der Waals surface area contributed by atoms with Crippen molar-refractivity contribution < 1.29 is 4.74 Å². The van der Waals surface area contributed by atoms with Gasteiger partial charge in [-0.05, 0) is 43.0 Å². The Morgan fingerprint density at radius 1 is 1.10 bits per heavy atom. The van der Waals surface area contributed by atoms with Gasteiger partial charge in [-0.2, -0.15) is 10.2 Å². The molecule has 1 saturated carbocycles.